The number of halogens is 2. The van der Waals surface area contributed by atoms with Gasteiger partial charge in [-0.05, 0) is 30.3 Å². The lowest BCUT2D eigenvalue weighted by molar-refractivity contribution is 0.405. The molecule has 0 saturated carbocycles. The van der Waals surface area contributed by atoms with E-state index in [2.05, 4.69) is 20.5 Å². The fourth-order valence-electron chi connectivity index (χ4n) is 2.92. The van der Waals surface area contributed by atoms with Gasteiger partial charge >= 0.3 is 0 Å². The van der Waals surface area contributed by atoms with Gasteiger partial charge in [0.2, 0.25) is 0 Å². The van der Waals surface area contributed by atoms with E-state index in [0.717, 1.165) is 11.1 Å². The lowest BCUT2D eigenvalue weighted by Gasteiger charge is -2.14. The zero-order chi connectivity index (χ0) is 18.8. The van der Waals surface area contributed by atoms with Crippen LogP contribution in [-0.2, 0) is 6.54 Å². The van der Waals surface area contributed by atoms with Gasteiger partial charge in [0, 0.05) is 35.6 Å². The molecule has 0 aliphatic heterocycles. The molecule has 4 aromatic rings. The number of fused-ring (bicyclic) bond motifs is 1. The molecule has 0 bridgehead atoms. The smallest absolute Gasteiger partial charge is 0.170 e. The van der Waals surface area contributed by atoms with Crippen molar-refractivity contribution in [2.45, 2.75) is 6.54 Å². The van der Waals surface area contributed by atoms with Crippen molar-refractivity contribution in [3.63, 3.8) is 0 Å². The number of rotatable bonds is 5. The Hall–Kier alpha value is -3.19. The molecule has 0 saturated heterocycles. The maximum absolute atomic E-state index is 14.2. The fraction of sp³-hybridized carbons (Fsp3) is 0.105. The van der Waals surface area contributed by atoms with E-state index in [0.29, 0.717) is 27.8 Å². The number of hydrogen-bond acceptors (Lipinski definition) is 5. The summed E-state index contributed by atoms with van der Waals surface area (Å²) in [6, 6.07) is 10.2. The molecule has 0 aliphatic carbocycles. The minimum absolute atomic E-state index is 0.246. The molecule has 0 atom stereocenters. The molecule has 0 radical (unpaired) electrons. The molecule has 6 nitrogen and oxygen atoms in total. The van der Waals surface area contributed by atoms with Crippen molar-refractivity contribution in [1.82, 2.24) is 19.6 Å². The van der Waals surface area contributed by atoms with Crippen molar-refractivity contribution in [2.24, 2.45) is 0 Å². The van der Waals surface area contributed by atoms with Gasteiger partial charge < -0.3 is 10.1 Å². The second-order valence-corrected chi connectivity index (χ2v) is 6.19. The van der Waals surface area contributed by atoms with Gasteiger partial charge in [0.15, 0.2) is 5.65 Å². The number of methoxy groups -OCH3 is 1. The quantitative estimate of drug-likeness (QED) is 0.559. The summed E-state index contributed by atoms with van der Waals surface area (Å²) in [5.41, 5.74) is 2.63. The van der Waals surface area contributed by atoms with Gasteiger partial charge in [0.05, 0.1) is 12.1 Å². The molecule has 0 aliphatic rings. The number of aromatic nitrogens is 4. The monoisotopic (exact) mass is 383 g/mol. The van der Waals surface area contributed by atoms with Crippen LogP contribution in [0.15, 0.2) is 55.1 Å². The zero-order valence-corrected chi connectivity index (χ0v) is 15.1. The SMILES string of the molecule is COc1cccc(F)c1CNc1ccc(-c2cnccc2Cl)c2nncn12. The van der Waals surface area contributed by atoms with Gasteiger partial charge in [-0.2, -0.15) is 0 Å². The Bertz CT molecular complexity index is 1110. The van der Waals surface area contributed by atoms with Crippen molar-refractivity contribution in [3.05, 3.63) is 71.5 Å². The molecular weight excluding hydrogens is 369 g/mol. The molecule has 0 unspecified atom stereocenters. The Labute approximate surface area is 159 Å². The predicted octanol–water partition coefficient (Wildman–Crippen LogP) is 4.20. The van der Waals surface area contributed by atoms with Crippen LogP contribution in [-0.4, -0.2) is 26.7 Å². The van der Waals surface area contributed by atoms with E-state index >= 15 is 0 Å². The lowest BCUT2D eigenvalue weighted by atomic mass is 10.1. The number of pyridine rings is 2. The molecule has 1 aromatic carbocycles. The Morgan fingerprint density at radius 3 is 2.89 bits per heavy atom. The Morgan fingerprint density at radius 2 is 2.07 bits per heavy atom. The minimum atomic E-state index is -0.333. The average Bonchev–Trinajstić information content (AvgIpc) is 3.17. The number of nitrogens with zero attached hydrogens (tertiary/aromatic N) is 4. The molecule has 3 aromatic heterocycles. The van der Waals surface area contributed by atoms with E-state index in [1.54, 1.807) is 41.3 Å². The third-order valence-electron chi connectivity index (χ3n) is 4.26. The molecule has 0 amide bonds. The third kappa shape index (κ3) is 3.17. The van der Waals surface area contributed by atoms with Gasteiger partial charge in [-0.25, -0.2) is 4.39 Å². The van der Waals surface area contributed by atoms with E-state index in [-0.39, 0.29) is 12.4 Å². The predicted molar refractivity (Wildman–Crippen MR) is 102 cm³/mol. The Morgan fingerprint density at radius 1 is 1.19 bits per heavy atom. The molecule has 0 spiro atoms. The molecule has 3 heterocycles. The highest BCUT2D eigenvalue weighted by atomic mass is 35.5. The van der Waals surface area contributed by atoms with Crippen LogP contribution in [0.25, 0.3) is 16.8 Å². The van der Waals surface area contributed by atoms with Crippen LogP contribution in [0.5, 0.6) is 5.75 Å². The van der Waals surface area contributed by atoms with Gasteiger partial charge in [0.1, 0.15) is 23.7 Å². The summed E-state index contributed by atoms with van der Waals surface area (Å²) >= 11 is 6.29. The maximum atomic E-state index is 14.2. The second-order valence-electron chi connectivity index (χ2n) is 5.79. The van der Waals surface area contributed by atoms with Gasteiger partial charge in [-0.3, -0.25) is 9.38 Å². The van der Waals surface area contributed by atoms with Gasteiger partial charge in [-0.1, -0.05) is 17.7 Å². The van der Waals surface area contributed by atoms with Crippen molar-refractivity contribution in [2.75, 3.05) is 12.4 Å². The first-order valence-electron chi connectivity index (χ1n) is 8.17. The van der Waals surface area contributed by atoms with Crippen molar-refractivity contribution >= 4 is 23.1 Å². The topological polar surface area (TPSA) is 64.3 Å². The Balaban J connectivity index is 1.70. The first-order chi connectivity index (χ1) is 13.2. The fourth-order valence-corrected chi connectivity index (χ4v) is 3.13. The van der Waals surface area contributed by atoms with Crippen molar-refractivity contribution in [1.29, 1.82) is 0 Å². The summed E-state index contributed by atoms with van der Waals surface area (Å²) in [5.74, 6) is 0.867. The average molecular weight is 384 g/mol. The van der Waals surface area contributed by atoms with Crippen LogP contribution < -0.4 is 10.1 Å². The van der Waals surface area contributed by atoms with Crippen molar-refractivity contribution in [3.8, 4) is 16.9 Å². The summed E-state index contributed by atoms with van der Waals surface area (Å²) in [7, 11) is 1.52. The highest BCUT2D eigenvalue weighted by molar-refractivity contribution is 6.33. The second kappa shape index (κ2) is 7.20. The number of hydrogen-bond donors (Lipinski definition) is 1. The number of benzene rings is 1. The summed E-state index contributed by atoms with van der Waals surface area (Å²) in [5, 5.41) is 12.0. The molecule has 27 heavy (non-hydrogen) atoms. The van der Waals surface area contributed by atoms with E-state index < -0.39 is 0 Å². The first kappa shape index (κ1) is 17.2. The van der Waals surface area contributed by atoms with Gasteiger partial charge in [0.25, 0.3) is 0 Å². The van der Waals surface area contributed by atoms with E-state index in [1.807, 2.05) is 12.1 Å². The highest BCUT2D eigenvalue weighted by Gasteiger charge is 2.14. The summed E-state index contributed by atoms with van der Waals surface area (Å²) in [6.07, 6.45) is 4.90. The van der Waals surface area contributed by atoms with Crippen LogP contribution >= 0.6 is 11.6 Å². The number of ether oxygens (including phenoxy) is 1. The maximum Gasteiger partial charge on any atom is 0.170 e. The summed E-state index contributed by atoms with van der Waals surface area (Å²) in [4.78, 5) is 4.13. The summed E-state index contributed by atoms with van der Waals surface area (Å²) < 4.78 is 21.2. The molecule has 8 heteroatoms. The van der Waals surface area contributed by atoms with Crippen molar-refractivity contribution < 1.29 is 9.13 Å². The van der Waals surface area contributed by atoms with Crippen LogP contribution in [0.4, 0.5) is 10.2 Å². The molecular formula is C19H15ClFN5O. The standard InChI is InChI=1S/C19H15ClFN5O/c1-27-17-4-2-3-16(21)14(17)10-23-18-6-5-12(19-25-24-11-26(18)19)13-9-22-8-7-15(13)20/h2-9,11,23H,10H2,1H3. The first-order valence-corrected chi connectivity index (χ1v) is 8.54. The van der Waals surface area contributed by atoms with Crippen LogP contribution in [0.1, 0.15) is 5.56 Å². The lowest BCUT2D eigenvalue weighted by Crippen LogP contribution is -2.07. The Kier molecular flexibility index (Phi) is 4.60. The van der Waals surface area contributed by atoms with Crippen LogP contribution in [0, 0.1) is 5.82 Å². The largest absolute Gasteiger partial charge is 0.496 e. The molecule has 4 rings (SSSR count). The number of anilines is 1. The van der Waals surface area contributed by atoms with Crippen LogP contribution in [0.2, 0.25) is 5.02 Å². The molecule has 0 fully saturated rings. The number of nitrogens with one attached hydrogen (secondary N) is 1. The van der Waals surface area contributed by atoms with Crippen LogP contribution in [0.3, 0.4) is 0 Å². The third-order valence-corrected chi connectivity index (χ3v) is 4.59. The van der Waals surface area contributed by atoms with E-state index in [9.17, 15) is 4.39 Å². The molecule has 1 N–H and O–H groups in total. The highest BCUT2D eigenvalue weighted by Crippen LogP contribution is 2.31. The van der Waals surface area contributed by atoms with E-state index in [4.69, 9.17) is 16.3 Å². The molecule has 136 valence electrons. The van der Waals surface area contributed by atoms with Gasteiger partial charge in [-0.15, -0.1) is 10.2 Å². The summed E-state index contributed by atoms with van der Waals surface area (Å²) in [6.45, 7) is 0.246. The van der Waals surface area contributed by atoms with E-state index in [1.165, 1.54) is 13.2 Å². The normalized spacial score (nSPS) is 10.9. The zero-order valence-electron chi connectivity index (χ0n) is 14.4. The minimum Gasteiger partial charge on any atom is -0.496 e.